The smallest absolute Gasteiger partial charge is 0.449 e. The molecule has 2 rings (SSSR count). The summed E-state index contributed by atoms with van der Waals surface area (Å²) >= 11 is 0. The first-order chi connectivity index (χ1) is 7.39. The summed E-state index contributed by atoms with van der Waals surface area (Å²) in [6.07, 6.45) is -3.57. The molecule has 0 bridgehead atoms. The molecular weight excluding hydrogens is 227 g/mol. The van der Waals surface area contributed by atoms with E-state index in [1.165, 1.54) is 0 Å². The van der Waals surface area contributed by atoms with Gasteiger partial charge in [-0.2, -0.15) is 13.2 Å². The molecule has 0 fully saturated rings. The second kappa shape index (κ2) is 3.19. The Morgan fingerprint density at radius 2 is 2.12 bits per heavy atom. The summed E-state index contributed by atoms with van der Waals surface area (Å²) in [6, 6.07) is 1.10. The van der Waals surface area contributed by atoms with Crippen LogP contribution in [0, 0.1) is 0 Å². The average Bonchev–Trinajstić information content (AvgIpc) is 2.59. The summed E-state index contributed by atoms with van der Waals surface area (Å²) < 4.78 is 36.9. The van der Waals surface area contributed by atoms with Gasteiger partial charge in [-0.15, -0.1) is 0 Å². The van der Waals surface area contributed by atoms with E-state index in [0.717, 1.165) is 12.3 Å². The van der Waals surface area contributed by atoms with Gasteiger partial charge in [0.15, 0.2) is 5.65 Å². The van der Waals surface area contributed by atoms with Crippen LogP contribution >= 0.6 is 0 Å². The predicted molar refractivity (Wildman–Crippen MR) is 45.8 cm³/mol. The fourth-order valence-corrected chi connectivity index (χ4v) is 1.22. The number of aromatic amines is 1. The molecule has 2 N–H and O–H groups in total. The molecule has 0 saturated heterocycles. The minimum Gasteiger partial charge on any atom is -0.478 e. The third-order valence-electron chi connectivity index (χ3n) is 1.89. The highest BCUT2D eigenvalue weighted by Gasteiger charge is 2.35. The number of halogens is 3. The van der Waals surface area contributed by atoms with Gasteiger partial charge < -0.3 is 10.1 Å². The quantitative estimate of drug-likeness (QED) is 0.782. The molecule has 8 heteroatoms. The van der Waals surface area contributed by atoms with Gasteiger partial charge in [0.2, 0.25) is 5.82 Å². The Morgan fingerprint density at radius 1 is 1.44 bits per heavy atom. The maximum absolute atomic E-state index is 12.3. The molecule has 5 nitrogen and oxygen atoms in total. The number of hydrogen-bond donors (Lipinski definition) is 2. The summed E-state index contributed by atoms with van der Waals surface area (Å²) in [4.78, 5) is 19.3. The van der Waals surface area contributed by atoms with E-state index in [1.807, 2.05) is 4.98 Å². The van der Waals surface area contributed by atoms with Crippen molar-refractivity contribution in [1.82, 2.24) is 15.0 Å². The van der Waals surface area contributed by atoms with Crippen LogP contribution in [0.5, 0.6) is 0 Å². The van der Waals surface area contributed by atoms with E-state index in [1.54, 1.807) is 0 Å². The molecule has 0 saturated carbocycles. The average molecular weight is 231 g/mol. The monoisotopic (exact) mass is 231 g/mol. The number of aromatic nitrogens is 3. The largest absolute Gasteiger partial charge is 0.478 e. The number of aromatic carboxylic acids is 1. The Morgan fingerprint density at radius 3 is 2.69 bits per heavy atom. The maximum Gasteiger partial charge on any atom is 0.449 e. The fraction of sp³-hybridized carbons (Fsp3) is 0.125. The van der Waals surface area contributed by atoms with Gasteiger partial charge in [-0.3, -0.25) is 0 Å². The van der Waals surface area contributed by atoms with Crippen LogP contribution in [0.1, 0.15) is 16.2 Å². The molecule has 0 unspecified atom stereocenters. The SMILES string of the molecule is O=C(O)c1ccnc2nc(C(F)(F)F)[nH]c12. The lowest BCUT2D eigenvalue weighted by atomic mass is 10.2. The lowest BCUT2D eigenvalue weighted by Crippen LogP contribution is -2.07. The van der Waals surface area contributed by atoms with E-state index in [2.05, 4.69) is 9.97 Å². The summed E-state index contributed by atoms with van der Waals surface area (Å²) in [6.45, 7) is 0. The topological polar surface area (TPSA) is 78.9 Å². The van der Waals surface area contributed by atoms with Crippen LogP contribution in [0.15, 0.2) is 12.3 Å². The molecule has 84 valence electrons. The Balaban J connectivity index is 2.71. The van der Waals surface area contributed by atoms with E-state index in [4.69, 9.17) is 5.11 Å². The summed E-state index contributed by atoms with van der Waals surface area (Å²) in [7, 11) is 0. The van der Waals surface area contributed by atoms with Crippen molar-refractivity contribution in [2.45, 2.75) is 6.18 Å². The first kappa shape index (κ1) is 10.4. The Labute approximate surface area is 85.9 Å². The van der Waals surface area contributed by atoms with Gasteiger partial charge in [0.05, 0.1) is 11.1 Å². The number of carboxylic acids is 1. The van der Waals surface area contributed by atoms with Gasteiger partial charge in [0, 0.05) is 6.20 Å². The Hall–Kier alpha value is -2.12. The number of carbonyl (C=O) groups is 1. The van der Waals surface area contributed by atoms with Gasteiger partial charge in [-0.25, -0.2) is 14.8 Å². The first-order valence-corrected chi connectivity index (χ1v) is 4.05. The van der Waals surface area contributed by atoms with Gasteiger partial charge in [0.25, 0.3) is 0 Å². The second-order valence-corrected chi connectivity index (χ2v) is 2.95. The number of pyridine rings is 1. The number of hydrogen-bond acceptors (Lipinski definition) is 3. The molecule has 0 radical (unpaired) electrons. The number of alkyl halides is 3. The minimum atomic E-state index is -4.66. The van der Waals surface area contributed by atoms with Crippen molar-refractivity contribution < 1.29 is 23.1 Å². The zero-order chi connectivity index (χ0) is 11.9. The molecule has 0 aliphatic carbocycles. The lowest BCUT2D eigenvalue weighted by molar-refractivity contribution is -0.144. The molecule has 0 atom stereocenters. The summed E-state index contributed by atoms with van der Waals surface area (Å²) in [5.41, 5.74) is -0.803. The van der Waals surface area contributed by atoms with Crippen molar-refractivity contribution >= 4 is 17.1 Å². The van der Waals surface area contributed by atoms with Gasteiger partial charge in [0.1, 0.15) is 0 Å². The summed E-state index contributed by atoms with van der Waals surface area (Å²) in [5, 5.41) is 8.74. The molecule has 2 aromatic heterocycles. The molecule has 0 aromatic carbocycles. The van der Waals surface area contributed by atoms with E-state index in [9.17, 15) is 18.0 Å². The second-order valence-electron chi connectivity index (χ2n) is 2.95. The molecule has 0 aliphatic heterocycles. The minimum absolute atomic E-state index is 0.234. The van der Waals surface area contributed by atoms with Crippen LogP contribution < -0.4 is 0 Å². The van der Waals surface area contributed by atoms with Crippen LogP contribution in [0.4, 0.5) is 13.2 Å². The third kappa shape index (κ3) is 1.58. The Bertz CT molecular complexity index is 561. The highest BCUT2D eigenvalue weighted by molar-refractivity contribution is 5.99. The molecule has 0 amide bonds. The standard InChI is InChI=1S/C8H4F3N3O2/c9-8(10,11)7-13-4-3(6(15)16)1-2-12-5(4)14-7/h1-2H,(H,15,16)(H,12,13,14). The third-order valence-corrected chi connectivity index (χ3v) is 1.89. The molecule has 0 spiro atoms. The number of carboxylic acid groups (broad SMARTS) is 1. The maximum atomic E-state index is 12.3. The number of nitrogens with one attached hydrogen (secondary N) is 1. The van der Waals surface area contributed by atoms with E-state index in [0.29, 0.717) is 0 Å². The molecule has 2 aromatic rings. The number of imidazole rings is 1. The number of nitrogens with zero attached hydrogens (tertiary/aromatic N) is 2. The van der Waals surface area contributed by atoms with Crippen LogP contribution in [0.2, 0.25) is 0 Å². The van der Waals surface area contributed by atoms with Crippen LogP contribution in [0.25, 0.3) is 11.2 Å². The number of H-pyrrole nitrogens is 1. The zero-order valence-electron chi connectivity index (χ0n) is 7.54. The van der Waals surface area contributed by atoms with Crippen LogP contribution in [-0.2, 0) is 6.18 Å². The Kier molecular flexibility index (Phi) is 2.07. The van der Waals surface area contributed by atoms with E-state index in [-0.39, 0.29) is 16.7 Å². The van der Waals surface area contributed by atoms with Crippen molar-refractivity contribution in [1.29, 1.82) is 0 Å². The van der Waals surface area contributed by atoms with Crippen molar-refractivity contribution in [3.05, 3.63) is 23.7 Å². The fourth-order valence-electron chi connectivity index (χ4n) is 1.22. The van der Waals surface area contributed by atoms with Crippen LogP contribution in [0.3, 0.4) is 0 Å². The van der Waals surface area contributed by atoms with Gasteiger partial charge >= 0.3 is 12.1 Å². The molecular formula is C8H4F3N3O2. The van der Waals surface area contributed by atoms with Crippen molar-refractivity contribution in [3.8, 4) is 0 Å². The number of fused-ring (bicyclic) bond motifs is 1. The highest BCUT2D eigenvalue weighted by atomic mass is 19.4. The van der Waals surface area contributed by atoms with Crippen molar-refractivity contribution in [3.63, 3.8) is 0 Å². The number of rotatable bonds is 1. The first-order valence-electron chi connectivity index (χ1n) is 4.05. The van der Waals surface area contributed by atoms with Gasteiger partial charge in [-0.1, -0.05) is 0 Å². The summed E-state index contributed by atoms with van der Waals surface area (Å²) in [5.74, 6) is -2.60. The van der Waals surface area contributed by atoms with Gasteiger partial charge in [-0.05, 0) is 6.07 Å². The predicted octanol–water partition coefficient (Wildman–Crippen LogP) is 1.67. The normalized spacial score (nSPS) is 11.9. The highest BCUT2D eigenvalue weighted by Crippen LogP contribution is 2.28. The van der Waals surface area contributed by atoms with E-state index < -0.39 is 18.0 Å². The lowest BCUT2D eigenvalue weighted by Gasteiger charge is -1.99. The van der Waals surface area contributed by atoms with Crippen LogP contribution in [-0.4, -0.2) is 26.0 Å². The molecule has 2 heterocycles. The van der Waals surface area contributed by atoms with E-state index >= 15 is 0 Å². The molecule has 16 heavy (non-hydrogen) atoms. The zero-order valence-corrected chi connectivity index (χ0v) is 7.54. The van der Waals surface area contributed by atoms with Crippen molar-refractivity contribution in [2.75, 3.05) is 0 Å². The van der Waals surface area contributed by atoms with Crippen molar-refractivity contribution in [2.24, 2.45) is 0 Å². The molecule has 0 aliphatic rings.